The standard InChI is InChI=1S/C13H23NO4.C6H6/c1-6-10(11(16)8-7-9(2)15)14-12(17)18-13(3,4)5;1-2-4-6-5-3-1/h10H,6-8H2,1-5H3,(H,14,17);1-6H/t10-;/m0./s1. The maximum atomic E-state index is 11.8. The third-order valence-corrected chi connectivity index (χ3v) is 2.88. The number of benzene rings is 1. The van der Waals surface area contributed by atoms with Crippen LogP contribution in [0.5, 0.6) is 0 Å². The summed E-state index contributed by atoms with van der Waals surface area (Å²) in [4.78, 5) is 34.1. The van der Waals surface area contributed by atoms with Crippen molar-refractivity contribution in [3.05, 3.63) is 36.4 Å². The van der Waals surface area contributed by atoms with Gasteiger partial charge in [-0.2, -0.15) is 0 Å². The average molecular weight is 335 g/mol. The fraction of sp³-hybridized carbons (Fsp3) is 0.526. The highest BCUT2D eigenvalue weighted by molar-refractivity contribution is 5.90. The third kappa shape index (κ3) is 12.4. The van der Waals surface area contributed by atoms with Crippen molar-refractivity contribution in [1.29, 1.82) is 0 Å². The molecular weight excluding hydrogens is 306 g/mol. The van der Waals surface area contributed by atoms with Crippen molar-refractivity contribution < 1.29 is 19.1 Å². The number of carbonyl (C=O) groups excluding carboxylic acids is 3. The van der Waals surface area contributed by atoms with Crippen molar-refractivity contribution in [2.45, 2.75) is 65.5 Å². The van der Waals surface area contributed by atoms with Gasteiger partial charge in [0.05, 0.1) is 6.04 Å². The van der Waals surface area contributed by atoms with E-state index in [1.807, 2.05) is 36.4 Å². The highest BCUT2D eigenvalue weighted by Crippen LogP contribution is 2.08. The van der Waals surface area contributed by atoms with Crippen LogP contribution in [0.1, 0.15) is 53.9 Å². The molecule has 1 N–H and O–H groups in total. The Kier molecular flexibility index (Phi) is 10.3. The molecule has 1 amide bonds. The minimum absolute atomic E-state index is 0.0320. The molecule has 0 aliphatic heterocycles. The van der Waals surface area contributed by atoms with Gasteiger partial charge in [-0.05, 0) is 34.1 Å². The molecule has 134 valence electrons. The Bertz CT molecular complexity index is 479. The largest absolute Gasteiger partial charge is 0.444 e. The second kappa shape index (κ2) is 11.4. The molecule has 0 saturated carbocycles. The molecule has 0 spiro atoms. The predicted molar refractivity (Wildman–Crippen MR) is 94.8 cm³/mol. The van der Waals surface area contributed by atoms with E-state index in [1.54, 1.807) is 27.7 Å². The number of amides is 1. The summed E-state index contributed by atoms with van der Waals surface area (Å²) in [7, 11) is 0. The van der Waals surface area contributed by atoms with Gasteiger partial charge >= 0.3 is 6.09 Å². The summed E-state index contributed by atoms with van der Waals surface area (Å²) in [6.45, 7) is 8.50. The molecule has 1 rings (SSSR count). The van der Waals surface area contributed by atoms with E-state index < -0.39 is 17.7 Å². The Balaban J connectivity index is 0.000000728. The zero-order valence-electron chi connectivity index (χ0n) is 15.3. The number of ketones is 2. The molecule has 1 aromatic rings. The van der Waals surface area contributed by atoms with E-state index in [0.29, 0.717) is 6.42 Å². The minimum Gasteiger partial charge on any atom is -0.444 e. The summed E-state index contributed by atoms with van der Waals surface area (Å²) in [6, 6.07) is 11.4. The molecule has 0 bridgehead atoms. The van der Waals surface area contributed by atoms with Crippen molar-refractivity contribution in [3.8, 4) is 0 Å². The van der Waals surface area contributed by atoms with Crippen LogP contribution in [0.15, 0.2) is 36.4 Å². The van der Waals surface area contributed by atoms with E-state index in [2.05, 4.69) is 5.32 Å². The van der Waals surface area contributed by atoms with E-state index in [0.717, 1.165) is 0 Å². The molecule has 0 aliphatic carbocycles. The van der Waals surface area contributed by atoms with Crippen molar-refractivity contribution in [2.75, 3.05) is 0 Å². The molecule has 1 aromatic carbocycles. The van der Waals surface area contributed by atoms with Crippen LogP contribution in [0, 0.1) is 0 Å². The molecule has 0 heterocycles. The van der Waals surface area contributed by atoms with E-state index in [9.17, 15) is 14.4 Å². The van der Waals surface area contributed by atoms with Gasteiger partial charge < -0.3 is 14.8 Å². The first-order valence-corrected chi connectivity index (χ1v) is 8.17. The first-order valence-electron chi connectivity index (χ1n) is 8.17. The van der Waals surface area contributed by atoms with Gasteiger partial charge in [-0.3, -0.25) is 4.79 Å². The monoisotopic (exact) mass is 335 g/mol. The van der Waals surface area contributed by atoms with Crippen LogP contribution in [0.3, 0.4) is 0 Å². The molecule has 0 radical (unpaired) electrons. The van der Waals surface area contributed by atoms with Crippen molar-refractivity contribution in [3.63, 3.8) is 0 Å². The molecule has 0 aromatic heterocycles. The fourth-order valence-corrected chi connectivity index (χ4v) is 1.72. The Morgan fingerprint density at radius 3 is 1.75 bits per heavy atom. The van der Waals surface area contributed by atoms with Gasteiger partial charge in [-0.25, -0.2) is 4.79 Å². The van der Waals surface area contributed by atoms with Gasteiger partial charge in [0, 0.05) is 12.8 Å². The molecule has 0 saturated heterocycles. The number of hydrogen-bond donors (Lipinski definition) is 1. The summed E-state index contributed by atoms with van der Waals surface area (Å²) in [6.07, 6.45) is 0.246. The first-order chi connectivity index (χ1) is 11.2. The quantitative estimate of drug-likeness (QED) is 0.855. The second-order valence-corrected chi connectivity index (χ2v) is 6.43. The van der Waals surface area contributed by atoms with Crippen LogP contribution < -0.4 is 5.32 Å². The highest BCUT2D eigenvalue weighted by Gasteiger charge is 2.22. The Hall–Kier alpha value is -2.17. The van der Waals surface area contributed by atoms with Gasteiger partial charge in [0.15, 0.2) is 5.78 Å². The predicted octanol–water partition coefficient (Wildman–Crippen LogP) is 3.91. The van der Waals surface area contributed by atoms with Crippen LogP contribution >= 0.6 is 0 Å². The van der Waals surface area contributed by atoms with Gasteiger partial charge in [-0.1, -0.05) is 43.3 Å². The van der Waals surface area contributed by atoms with Crippen molar-refractivity contribution in [1.82, 2.24) is 5.32 Å². The molecule has 5 nitrogen and oxygen atoms in total. The Labute approximate surface area is 144 Å². The molecule has 1 atom stereocenters. The zero-order chi connectivity index (χ0) is 18.6. The lowest BCUT2D eigenvalue weighted by atomic mass is 10.0. The number of rotatable bonds is 6. The van der Waals surface area contributed by atoms with E-state index >= 15 is 0 Å². The molecule has 0 unspecified atom stereocenters. The smallest absolute Gasteiger partial charge is 0.408 e. The van der Waals surface area contributed by atoms with E-state index in [1.165, 1.54) is 6.92 Å². The summed E-state index contributed by atoms with van der Waals surface area (Å²) < 4.78 is 5.08. The van der Waals surface area contributed by atoms with Crippen molar-refractivity contribution >= 4 is 17.7 Å². The zero-order valence-corrected chi connectivity index (χ0v) is 15.3. The topological polar surface area (TPSA) is 72.5 Å². The number of Topliss-reactive ketones (excluding diaryl/α,β-unsaturated/α-hetero) is 2. The molecule has 0 aliphatic rings. The lowest BCUT2D eigenvalue weighted by Gasteiger charge is -2.22. The number of ether oxygens (including phenoxy) is 1. The number of alkyl carbamates (subject to hydrolysis) is 1. The average Bonchev–Trinajstić information content (AvgIpc) is 2.51. The minimum atomic E-state index is -0.606. The summed E-state index contributed by atoms with van der Waals surface area (Å²) in [5.74, 6) is -0.172. The maximum Gasteiger partial charge on any atom is 0.408 e. The first kappa shape index (κ1) is 21.8. The summed E-state index contributed by atoms with van der Waals surface area (Å²) in [5.41, 5.74) is -0.592. The molecule has 0 fully saturated rings. The normalized spacial score (nSPS) is 11.5. The summed E-state index contributed by atoms with van der Waals surface area (Å²) >= 11 is 0. The second-order valence-electron chi connectivity index (χ2n) is 6.43. The fourth-order valence-electron chi connectivity index (χ4n) is 1.72. The number of carbonyl (C=O) groups is 3. The SMILES string of the molecule is CC[C@H](NC(=O)OC(C)(C)C)C(=O)CCC(C)=O.c1ccccc1. The molecule has 5 heteroatoms. The maximum absolute atomic E-state index is 11.8. The Morgan fingerprint density at radius 2 is 1.42 bits per heavy atom. The van der Waals surface area contributed by atoms with Gasteiger partial charge in [-0.15, -0.1) is 0 Å². The Morgan fingerprint density at radius 1 is 0.958 bits per heavy atom. The van der Waals surface area contributed by atoms with Gasteiger partial charge in [0.2, 0.25) is 0 Å². The van der Waals surface area contributed by atoms with Gasteiger partial charge in [0.1, 0.15) is 11.4 Å². The van der Waals surface area contributed by atoms with Crippen LogP contribution in [0.4, 0.5) is 4.79 Å². The summed E-state index contributed by atoms with van der Waals surface area (Å²) in [5, 5.41) is 2.52. The molecule has 24 heavy (non-hydrogen) atoms. The van der Waals surface area contributed by atoms with Crippen LogP contribution in [0.25, 0.3) is 0 Å². The number of hydrogen-bond acceptors (Lipinski definition) is 4. The lowest BCUT2D eigenvalue weighted by molar-refractivity contribution is -0.124. The van der Waals surface area contributed by atoms with E-state index in [4.69, 9.17) is 4.74 Å². The van der Waals surface area contributed by atoms with Crippen LogP contribution in [-0.4, -0.2) is 29.3 Å². The van der Waals surface area contributed by atoms with Crippen LogP contribution in [0.2, 0.25) is 0 Å². The molecular formula is C19H29NO4. The number of nitrogens with one attached hydrogen (secondary N) is 1. The van der Waals surface area contributed by atoms with E-state index in [-0.39, 0.29) is 24.4 Å². The van der Waals surface area contributed by atoms with Gasteiger partial charge in [0.25, 0.3) is 0 Å². The lowest BCUT2D eigenvalue weighted by Crippen LogP contribution is -2.43. The third-order valence-electron chi connectivity index (χ3n) is 2.88. The van der Waals surface area contributed by atoms with Crippen molar-refractivity contribution in [2.24, 2.45) is 0 Å². The van der Waals surface area contributed by atoms with Crippen LogP contribution in [-0.2, 0) is 14.3 Å². The highest BCUT2D eigenvalue weighted by atomic mass is 16.6.